The maximum absolute atomic E-state index is 2.34. The largest absolute Gasteiger partial charge is 0.311 e. The van der Waals surface area contributed by atoms with Gasteiger partial charge >= 0.3 is 0 Å². The van der Waals surface area contributed by atoms with Gasteiger partial charge in [-0.1, -0.05) is 165 Å². The van der Waals surface area contributed by atoms with Gasteiger partial charge in [-0.05, 0) is 105 Å². The van der Waals surface area contributed by atoms with E-state index in [4.69, 9.17) is 0 Å². The summed E-state index contributed by atoms with van der Waals surface area (Å²) in [5.74, 6) is 0. The van der Waals surface area contributed by atoms with Gasteiger partial charge in [-0.15, -0.1) is 0 Å². The molecule has 0 bridgehead atoms. The summed E-state index contributed by atoms with van der Waals surface area (Å²) < 4.78 is 0. The van der Waals surface area contributed by atoms with Crippen molar-refractivity contribution in [2.75, 3.05) is 4.90 Å². The molecule has 0 radical (unpaired) electrons. The van der Waals surface area contributed by atoms with Gasteiger partial charge in [0.05, 0.1) is 0 Å². The van der Waals surface area contributed by atoms with Crippen molar-refractivity contribution < 1.29 is 0 Å². The lowest BCUT2D eigenvalue weighted by molar-refractivity contribution is 1.14. The van der Waals surface area contributed by atoms with Crippen LogP contribution in [0.1, 0.15) is 45.9 Å². The average molecular weight is 630 g/mol. The summed E-state index contributed by atoms with van der Waals surface area (Å²) >= 11 is 0. The summed E-state index contributed by atoms with van der Waals surface area (Å²) in [7, 11) is 0. The summed E-state index contributed by atoms with van der Waals surface area (Å²) in [5, 5.41) is 0. The molecular formula is C48H39N. The number of hydrogen-bond acceptors (Lipinski definition) is 1. The molecule has 0 aliphatic rings. The van der Waals surface area contributed by atoms with Gasteiger partial charge in [0, 0.05) is 17.1 Å². The van der Waals surface area contributed by atoms with Crippen LogP contribution in [0.4, 0.5) is 17.1 Å². The molecule has 0 unspecified atom stereocenters. The predicted octanol–water partition coefficient (Wildman–Crippen LogP) is 12.9. The Morgan fingerprint density at radius 2 is 0.653 bits per heavy atom. The second kappa shape index (κ2) is 15.2. The summed E-state index contributed by atoms with van der Waals surface area (Å²) in [4.78, 5) is 2.34. The molecule has 0 atom stereocenters. The van der Waals surface area contributed by atoms with Crippen molar-refractivity contribution >= 4 is 40.4 Å². The van der Waals surface area contributed by atoms with Crippen molar-refractivity contribution in [2.45, 2.75) is 13.3 Å². The molecule has 1 nitrogen and oxygen atoms in total. The first kappa shape index (κ1) is 31.4. The third-order valence-corrected chi connectivity index (χ3v) is 8.87. The molecule has 0 aliphatic heterocycles. The Hall–Kier alpha value is -6.18. The van der Waals surface area contributed by atoms with Crippen LogP contribution in [0.15, 0.2) is 194 Å². The van der Waals surface area contributed by atoms with Crippen molar-refractivity contribution in [3.63, 3.8) is 0 Å². The van der Waals surface area contributed by atoms with E-state index >= 15 is 0 Å². The Morgan fingerprint density at radius 3 is 0.939 bits per heavy atom. The van der Waals surface area contributed by atoms with E-state index in [0.717, 1.165) is 34.6 Å². The van der Waals surface area contributed by atoms with Gasteiger partial charge < -0.3 is 4.90 Å². The summed E-state index contributed by atoms with van der Waals surface area (Å²) in [5.41, 5.74) is 14.2. The highest BCUT2D eigenvalue weighted by molar-refractivity contribution is 5.93. The number of aryl methyl sites for hydroxylation is 1. The first-order valence-electron chi connectivity index (χ1n) is 17.0. The van der Waals surface area contributed by atoms with E-state index in [1.165, 1.54) is 39.0 Å². The highest BCUT2D eigenvalue weighted by Gasteiger charge is 2.14. The van der Waals surface area contributed by atoms with E-state index in [0.29, 0.717) is 0 Å². The number of benzene rings is 7. The topological polar surface area (TPSA) is 3.24 Å². The van der Waals surface area contributed by atoms with Crippen LogP contribution in [0.25, 0.3) is 23.3 Å². The van der Waals surface area contributed by atoms with E-state index < -0.39 is 0 Å². The maximum atomic E-state index is 2.34. The van der Waals surface area contributed by atoms with Crippen LogP contribution >= 0.6 is 0 Å². The minimum absolute atomic E-state index is 1.01. The van der Waals surface area contributed by atoms with Gasteiger partial charge in [-0.25, -0.2) is 0 Å². The van der Waals surface area contributed by atoms with Gasteiger partial charge in [-0.3, -0.25) is 0 Å². The molecule has 236 valence electrons. The fourth-order valence-electron chi connectivity index (χ4n) is 6.24. The monoisotopic (exact) mass is 629 g/mol. The fourth-order valence-corrected chi connectivity index (χ4v) is 6.24. The molecule has 7 rings (SSSR count). The number of nitrogens with zero attached hydrogens (tertiary/aromatic N) is 1. The van der Waals surface area contributed by atoms with Gasteiger partial charge in [0.15, 0.2) is 0 Å². The molecule has 0 fully saturated rings. The maximum Gasteiger partial charge on any atom is 0.0462 e. The second-order valence-electron chi connectivity index (χ2n) is 12.1. The van der Waals surface area contributed by atoms with Crippen molar-refractivity contribution in [3.8, 4) is 0 Å². The molecule has 0 heterocycles. The molecule has 0 spiro atoms. The zero-order valence-corrected chi connectivity index (χ0v) is 27.8. The lowest BCUT2D eigenvalue weighted by Crippen LogP contribution is -2.10. The normalized spacial score (nSPS) is 10.6. The molecule has 0 aromatic heterocycles. The van der Waals surface area contributed by atoms with Gasteiger partial charge in [0.25, 0.3) is 0 Å². The highest BCUT2D eigenvalue weighted by atomic mass is 15.1. The van der Waals surface area contributed by atoms with Crippen LogP contribution < -0.4 is 4.90 Å². The van der Waals surface area contributed by atoms with Gasteiger partial charge in [0.1, 0.15) is 0 Å². The molecule has 1 heteroatoms. The lowest BCUT2D eigenvalue weighted by Gasteiger charge is -2.26. The van der Waals surface area contributed by atoms with E-state index in [-0.39, 0.29) is 0 Å². The van der Waals surface area contributed by atoms with E-state index in [2.05, 4.69) is 218 Å². The average Bonchev–Trinajstić information content (AvgIpc) is 3.19. The zero-order valence-electron chi connectivity index (χ0n) is 27.8. The predicted molar refractivity (Wildman–Crippen MR) is 210 cm³/mol. The third-order valence-electron chi connectivity index (χ3n) is 8.87. The highest BCUT2D eigenvalue weighted by Crippen LogP contribution is 2.36. The number of hydrogen-bond donors (Lipinski definition) is 0. The van der Waals surface area contributed by atoms with Gasteiger partial charge in [-0.2, -0.15) is 0 Å². The zero-order chi connectivity index (χ0) is 33.3. The molecule has 0 N–H and O–H groups in total. The molecule has 0 aliphatic carbocycles. The van der Waals surface area contributed by atoms with Crippen LogP contribution in [0.5, 0.6) is 0 Å². The van der Waals surface area contributed by atoms with Crippen molar-refractivity contribution in [3.05, 3.63) is 233 Å². The smallest absolute Gasteiger partial charge is 0.0462 e. The molecular weight excluding hydrogens is 591 g/mol. The Morgan fingerprint density at radius 1 is 0.367 bits per heavy atom. The molecule has 0 amide bonds. The number of rotatable bonds is 10. The lowest BCUT2D eigenvalue weighted by atomic mass is 9.95. The van der Waals surface area contributed by atoms with Crippen LogP contribution in [0, 0.1) is 0 Å². The van der Waals surface area contributed by atoms with Crippen molar-refractivity contribution in [1.82, 2.24) is 0 Å². The Labute approximate surface area is 290 Å². The van der Waals surface area contributed by atoms with Gasteiger partial charge in [0.2, 0.25) is 0 Å². The van der Waals surface area contributed by atoms with E-state index in [1.54, 1.807) is 0 Å². The molecule has 49 heavy (non-hydrogen) atoms. The quantitative estimate of drug-likeness (QED) is 0.136. The van der Waals surface area contributed by atoms with Crippen molar-refractivity contribution in [2.24, 2.45) is 0 Å². The van der Waals surface area contributed by atoms with Crippen LogP contribution in [-0.2, 0) is 6.42 Å². The Kier molecular flexibility index (Phi) is 9.71. The fraction of sp³-hybridized carbons (Fsp3) is 0.0417. The minimum Gasteiger partial charge on any atom is -0.311 e. The standard InChI is InChI=1S/C48H39N/c1-2-37-23-29-44(30-24-37)49(45-31-25-38(26-32-45)35-47(40-15-7-3-8-16-40)41-17-9-4-10-18-41)46-33-27-39(28-34-46)36-48(42-19-11-5-12-20-42)43-21-13-6-14-22-43/h3-36H,2H2,1H3. The summed E-state index contributed by atoms with van der Waals surface area (Å²) in [6, 6.07) is 69.2. The van der Waals surface area contributed by atoms with Crippen LogP contribution in [0.3, 0.4) is 0 Å². The second-order valence-corrected chi connectivity index (χ2v) is 12.1. The Balaban J connectivity index is 1.25. The Bertz CT molecular complexity index is 1910. The SMILES string of the molecule is CCc1ccc(N(c2ccc(C=C(c3ccccc3)c3ccccc3)cc2)c2ccc(C=C(c3ccccc3)c3ccccc3)cc2)cc1. The summed E-state index contributed by atoms with van der Waals surface area (Å²) in [6.07, 6.45) is 5.58. The van der Waals surface area contributed by atoms with Crippen LogP contribution in [-0.4, -0.2) is 0 Å². The molecule has 7 aromatic rings. The molecule has 0 saturated carbocycles. The summed E-state index contributed by atoms with van der Waals surface area (Å²) in [6.45, 7) is 2.20. The first-order chi connectivity index (χ1) is 24.2. The molecule has 0 saturated heterocycles. The van der Waals surface area contributed by atoms with Crippen LogP contribution in [0.2, 0.25) is 0 Å². The minimum atomic E-state index is 1.01. The van der Waals surface area contributed by atoms with Crippen molar-refractivity contribution in [1.29, 1.82) is 0 Å². The third kappa shape index (κ3) is 7.53. The van der Waals surface area contributed by atoms with E-state index in [1.807, 2.05) is 0 Å². The number of anilines is 3. The van der Waals surface area contributed by atoms with E-state index in [9.17, 15) is 0 Å². The molecule has 7 aromatic carbocycles. The first-order valence-corrected chi connectivity index (χ1v) is 17.0.